The van der Waals surface area contributed by atoms with Crippen LogP contribution in [0.5, 0.6) is 0 Å². The van der Waals surface area contributed by atoms with Gasteiger partial charge in [-0.25, -0.2) is 9.18 Å². The minimum Gasteiger partial charge on any atom is -0.444 e. The molecule has 2 rings (SSSR count). The zero-order valence-corrected chi connectivity index (χ0v) is 12.6. The van der Waals surface area contributed by atoms with Crippen LogP contribution in [0.1, 0.15) is 44.0 Å². The Morgan fingerprint density at radius 1 is 1.33 bits per heavy atom. The molecule has 1 amide bonds. The summed E-state index contributed by atoms with van der Waals surface area (Å²) in [7, 11) is 0. The second-order valence-electron chi connectivity index (χ2n) is 6.21. The van der Waals surface area contributed by atoms with Gasteiger partial charge in [0.15, 0.2) is 5.78 Å². The van der Waals surface area contributed by atoms with Gasteiger partial charge in [-0.15, -0.1) is 0 Å². The third kappa shape index (κ3) is 3.80. The number of ketones is 1. The summed E-state index contributed by atoms with van der Waals surface area (Å²) in [4.78, 5) is 26.1. The van der Waals surface area contributed by atoms with E-state index in [1.165, 1.54) is 23.1 Å². The fourth-order valence-electron chi connectivity index (χ4n) is 2.41. The van der Waals surface area contributed by atoms with Gasteiger partial charge >= 0.3 is 6.09 Å². The van der Waals surface area contributed by atoms with Crippen molar-refractivity contribution in [1.29, 1.82) is 0 Å². The Hall–Kier alpha value is -1.91. The van der Waals surface area contributed by atoms with E-state index >= 15 is 0 Å². The topological polar surface area (TPSA) is 46.6 Å². The third-order valence-electron chi connectivity index (χ3n) is 3.29. The van der Waals surface area contributed by atoms with Crippen molar-refractivity contribution in [2.45, 2.75) is 45.3 Å². The van der Waals surface area contributed by atoms with Gasteiger partial charge in [0.25, 0.3) is 0 Å². The molecule has 0 aromatic heterocycles. The van der Waals surface area contributed by atoms with Crippen LogP contribution in [-0.2, 0) is 4.74 Å². The number of carbonyl (C=O) groups is 2. The summed E-state index contributed by atoms with van der Waals surface area (Å²) in [5.41, 5.74) is -0.318. The first-order valence-electron chi connectivity index (χ1n) is 7.07. The number of Topliss-reactive ketones (excluding diaryl/α,β-unsaturated/α-hetero) is 1. The van der Waals surface area contributed by atoms with Gasteiger partial charge in [-0.05, 0) is 45.7 Å². The molecule has 1 aromatic rings. The summed E-state index contributed by atoms with van der Waals surface area (Å²) >= 11 is 0. The number of rotatable bonds is 2. The van der Waals surface area contributed by atoms with Gasteiger partial charge in [0.05, 0.1) is 6.04 Å². The number of nitrogens with zero attached hydrogens (tertiary/aromatic N) is 1. The van der Waals surface area contributed by atoms with E-state index in [0.29, 0.717) is 13.0 Å². The van der Waals surface area contributed by atoms with E-state index in [2.05, 4.69) is 0 Å². The molecule has 1 aromatic carbocycles. The average molecular weight is 293 g/mol. The van der Waals surface area contributed by atoms with Crippen LogP contribution in [-0.4, -0.2) is 35.0 Å². The van der Waals surface area contributed by atoms with Crippen molar-refractivity contribution >= 4 is 11.9 Å². The van der Waals surface area contributed by atoms with E-state index < -0.39 is 23.6 Å². The molecule has 1 heterocycles. The van der Waals surface area contributed by atoms with E-state index in [4.69, 9.17) is 4.74 Å². The number of likely N-dealkylation sites (tertiary alicyclic amines) is 1. The second kappa shape index (κ2) is 5.84. The summed E-state index contributed by atoms with van der Waals surface area (Å²) < 4.78 is 18.6. The summed E-state index contributed by atoms with van der Waals surface area (Å²) in [6.45, 7) is 5.83. The van der Waals surface area contributed by atoms with Crippen LogP contribution in [0.25, 0.3) is 0 Å². The van der Waals surface area contributed by atoms with Gasteiger partial charge in [0, 0.05) is 12.1 Å². The average Bonchev–Trinajstić information content (AvgIpc) is 2.85. The molecule has 0 N–H and O–H groups in total. The van der Waals surface area contributed by atoms with E-state index in [1.807, 2.05) is 0 Å². The molecule has 1 atom stereocenters. The molecular formula is C16H20FNO3. The zero-order chi connectivity index (χ0) is 15.6. The Labute approximate surface area is 123 Å². The fourth-order valence-corrected chi connectivity index (χ4v) is 2.41. The van der Waals surface area contributed by atoms with Gasteiger partial charge in [-0.2, -0.15) is 0 Å². The molecule has 5 heteroatoms. The highest BCUT2D eigenvalue weighted by molar-refractivity contribution is 6.01. The number of carbonyl (C=O) groups excluding carboxylic acids is 2. The molecular weight excluding hydrogens is 273 g/mol. The molecule has 0 radical (unpaired) electrons. The Kier molecular flexibility index (Phi) is 4.30. The minimum absolute atomic E-state index is 0.238. The maximum Gasteiger partial charge on any atom is 0.410 e. The SMILES string of the molecule is CC(C)(C)OC(=O)N1CCC[C@H]1C(=O)c1cccc(F)c1. The van der Waals surface area contributed by atoms with Crippen molar-refractivity contribution < 1.29 is 18.7 Å². The Morgan fingerprint density at radius 2 is 2.05 bits per heavy atom. The van der Waals surface area contributed by atoms with Crippen molar-refractivity contribution in [3.05, 3.63) is 35.6 Å². The summed E-state index contributed by atoms with van der Waals surface area (Å²) in [6, 6.07) is 4.98. The first kappa shape index (κ1) is 15.5. The molecule has 21 heavy (non-hydrogen) atoms. The van der Waals surface area contributed by atoms with Crippen molar-refractivity contribution in [2.24, 2.45) is 0 Å². The molecule has 1 fully saturated rings. The van der Waals surface area contributed by atoms with Gasteiger partial charge in [0.1, 0.15) is 11.4 Å². The van der Waals surface area contributed by atoms with Crippen LogP contribution in [0, 0.1) is 5.82 Å². The van der Waals surface area contributed by atoms with Gasteiger partial charge in [0.2, 0.25) is 0 Å². The van der Waals surface area contributed by atoms with Crippen LogP contribution in [0.3, 0.4) is 0 Å². The summed E-state index contributed by atoms with van der Waals surface area (Å²) in [5.74, 6) is -0.694. The normalized spacial score (nSPS) is 18.7. The second-order valence-corrected chi connectivity index (χ2v) is 6.21. The molecule has 1 aliphatic heterocycles. The summed E-state index contributed by atoms with van der Waals surface area (Å²) in [5, 5.41) is 0. The number of ether oxygens (including phenoxy) is 1. The first-order valence-corrected chi connectivity index (χ1v) is 7.07. The standard InChI is InChI=1S/C16H20FNO3/c1-16(2,3)21-15(20)18-9-5-8-13(18)14(19)11-6-4-7-12(17)10-11/h4,6-7,10,13H,5,8-9H2,1-3H3/t13-/m0/s1. The van der Waals surface area contributed by atoms with Crippen molar-refractivity contribution in [3.8, 4) is 0 Å². The molecule has 4 nitrogen and oxygen atoms in total. The van der Waals surface area contributed by atoms with E-state index in [0.717, 1.165) is 6.42 Å². The number of halogens is 1. The molecule has 1 saturated heterocycles. The van der Waals surface area contributed by atoms with Crippen LogP contribution in [0.2, 0.25) is 0 Å². The molecule has 114 valence electrons. The van der Waals surface area contributed by atoms with E-state index in [9.17, 15) is 14.0 Å². The van der Waals surface area contributed by atoms with Crippen LogP contribution >= 0.6 is 0 Å². The lowest BCUT2D eigenvalue weighted by Gasteiger charge is -2.28. The molecule has 0 saturated carbocycles. The highest BCUT2D eigenvalue weighted by atomic mass is 19.1. The zero-order valence-electron chi connectivity index (χ0n) is 12.6. The number of benzene rings is 1. The van der Waals surface area contributed by atoms with Gasteiger partial charge in [-0.3, -0.25) is 9.69 Å². The molecule has 0 unspecified atom stereocenters. The molecule has 1 aliphatic rings. The summed E-state index contributed by atoms with van der Waals surface area (Å²) in [6.07, 6.45) is 0.828. The Bertz CT molecular complexity index is 551. The predicted octanol–water partition coefficient (Wildman–Crippen LogP) is 3.41. The maximum atomic E-state index is 13.2. The monoisotopic (exact) mass is 293 g/mol. The van der Waals surface area contributed by atoms with E-state index in [1.54, 1.807) is 26.8 Å². The number of hydrogen-bond donors (Lipinski definition) is 0. The highest BCUT2D eigenvalue weighted by Gasteiger charge is 2.36. The molecule has 0 aliphatic carbocycles. The fraction of sp³-hybridized carbons (Fsp3) is 0.500. The Balaban J connectivity index is 2.15. The van der Waals surface area contributed by atoms with Gasteiger partial charge in [-0.1, -0.05) is 12.1 Å². The maximum absolute atomic E-state index is 13.2. The van der Waals surface area contributed by atoms with Gasteiger partial charge < -0.3 is 4.74 Å². The lowest BCUT2D eigenvalue weighted by molar-refractivity contribution is 0.0222. The third-order valence-corrected chi connectivity index (χ3v) is 3.29. The van der Waals surface area contributed by atoms with Crippen LogP contribution in [0.15, 0.2) is 24.3 Å². The van der Waals surface area contributed by atoms with E-state index in [-0.39, 0.29) is 11.3 Å². The van der Waals surface area contributed by atoms with Crippen LogP contribution in [0.4, 0.5) is 9.18 Å². The molecule has 0 spiro atoms. The highest BCUT2D eigenvalue weighted by Crippen LogP contribution is 2.24. The quantitative estimate of drug-likeness (QED) is 0.785. The smallest absolute Gasteiger partial charge is 0.410 e. The Morgan fingerprint density at radius 3 is 2.67 bits per heavy atom. The number of hydrogen-bond acceptors (Lipinski definition) is 3. The predicted molar refractivity (Wildman–Crippen MR) is 76.7 cm³/mol. The van der Waals surface area contributed by atoms with Crippen molar-refractivity contribution in [1.82, 2.24) is 4.90 Å². The van der Waals surface area contributed by atoms with Crippen molar-refractivity contribution in [3.63, 3.8) is 0 Å². The van der Waals surface area contributed by atoms with Crippen LogP contribution < -0.4 is 0 Å². The molecule has 0 bridgehead atoms. The van der Waals surface area contributed by atoms with Crippen molar-refractivity contribution in [2.75, 3.05) is 6.54 Å². The lowest BCUT2D eigenvalue weighted by Crippen LogP contribution is -2.43. The first-order chi connectivity index (χ1) is 9.78. The number of amides is 1. The largest absolute Gasteiger partial charge is 0.444 e. The lowest BCUT2D eigenvalue weighted by atomic mass is 10.0. The minimum atomic E-state index is -0.605.